The maximum Gasteiger partial charge on any atom is 0.0449 e. The molecule has 0 amide bonds. The van der Waals surface area contributed by atoms with Crippen LogP contribution in [-0.2, 0) is 0 Å². The van der Waals surface area contributed by atoms with Gasteiger partial charge in [-0.2, -0.15) is 0 Å². The van der Waals surface area contributed by atoms with Crippen LogP contribution in [0.5, 0.6) is 0 Å². The molecule has 1 aromatic carbocycles. The Morgan fingerprint density at radius 1 is 0.361 bits per heavy atom. The first-order valence-electron chi connectivity index (χ1n) is 11.7. The smallest absolute Gasteiger partial charge is 0.0449 e. The van der Waals surface area contributed by atoms with Crippen molar-refractivity contribution < 1.29 is 0 Å². The lowest BCUT2D eigenvalue weighted by Crippen LogP contribution is -1.81. The minimum Gasteiger partial charge on any atom is -0.140 e. The molecule has 0 aliphatic rings. The molecule has 0 nitrogen and oxygen atoms in total. The van der Waals surface area contributed by atoms with Crippen LogP contribution in [0, 0.1) is 27.7 Å². The fourth-order valence-corrected chi connectivity index (χ4v) is 11.2. The summed E-state index contributed by atoms with van der Waals surface area (Å²) in [4.78, 5) is 13.7. The third-order valence-electron chi connectivity index (χ3n) is 6.37. The Balaban J connectivity index is 1.47. The number of hydrogen-bond acceptors (Lipinski definition) is 6. The van der Waals surface area contributed by atoms with E-state index in [4.69, 9.17) is 0 Å². The Kier molecular flexibility index (Phi) is 5.62. The van der Waals surface area contributed by atoms with Gasteiger partial charge in [0.25, 0.3) is 0 Å². The molecule has 36 heavy (non-hydrogen) atoms. The van der Waals surface area contributed by atoms with E-state index < -0.39 is 0 Å². The van der Waals surface area contributed by atoms with Crippen LogP contribution in [0.4, 0.5) is 0 Å². The highest BCUT2D eigenvalue weighted by atomic mass is 32.1. The fraction of sp³-hybridized carbons (Fsp3) is 0.133. The van der Waals surface area contributed by atoms with Crippen LogP contribution in [-0.4, -0.2) is 0 Å². The first-order chi connectivity index (χ1) is 17.4. The van der Waals surface area contributed by atoms with Crippen LogP contribution in [0.25, 0.3) is 60.6 Å². The lowest BCUT2D eigenvalue weighted by Gasteiger charge is -2.09. The molecule has 0 fully saturated rings. The van der Waals surface area contributed by atoms with Gasteiger partial charge < -0.3 is 0 Å². The highest BCUT2D eigenvalue weighted by Gasteiger charge is 2.23. The molecule has 7 rings (SSSR count). The first-order valence-corrected chi connectivity index (χ1v) is 16.6. The van der Waals surface area contributed by atoms with Crippen LogP contribution in [0.3, 0.4) is 0 Å². The zero-order valence-electron chi connectivity index (χ0n) is 20.2. The third kappa shape index (κ3) is 3.78. The molecule has 0 saturated carbocycles. The van der Waals surface area contributed by atoms with Gasteiger partial charge in [0.05, 0.1) is 0 Å². The van der Waals surface area contributed by atoms with E-state index in [0.717, 1.165) is 0 Å². The molecule has 6 aromatic heterocycles. The molecule has 0 aliphatic carbocycles. The molecule has 6 heteroatoms. The molecule has 0 N–H and O–H groups in total. The van der Waals surface area contributed by atoms with Crippen molar-refractivity contribution >= 4 is 88.2 Å². The van der Waals surface area contributed by atoms with Gasteiger partial charge in [-0.1, -0.05) is 0 Å². The molecule has 0 spiro atoms. The summed E-state index contributed by atoms with van der Waals surface area (Å²) in [7, 11) is 0. The molecule has 0 unspecified atom stereocenters. The number of benzene rings is 1. The summed E-state index contributed by atoms with van der Waals surface area (Å²) in [6, 6.07) is 23.1. The van der Waals surface area contributed by atoms with E-state index in [9.17, 15) is 0 Å². The van der Waals surface area contributed by atoms with Crippen LogP contribution in [0.15, 0.2) is 60.7 Å². The lowest BCUT2D eigenvalue weighted by molar-refractivity contribution is 1.64. The number of hydrogen-bond donors (Lipinski definition) is 0. The van der Waals surface area contributed by atoms with Gasteiger partial charge >= 0.3 is 0 Å². The van der Waals surface area contributed by atoms with Gasteiger partial charge in [-0.25, -0.2) is 0 Å². The van der Waals surface area contributed by atoms with Gasteiger partial charge in [-0.15, -0.1) is 68.0 Å². The summed E-state index contributed by atoms with van der Waals surface area (Å²) in [5.41, 5.74) is 2.84. The molecule has 178 valence electrons. The largest absolute Gasteiger partial charge is 0.140 e. The van der Waals surface area contributed by atoms with E-state index in [-0.39, 0.29) is 0 Å². The lowest BCUT2D eigenvalue weighted by atomic mass is 10.00. The van der Waals surface area contributed by atoms with Crippen molar-refractivity contribution in [1.82, 2.24) is 0 Å². The maximum absolute atomic E-state index is 2.42. The van der Waals surface area contributed by atoms with E-state index in [1.807, 2.05) is 68.0 Å². The van der Waals surface area contributed by atoms with Gasteiger partial charge in [0.1, 0.15) is 0 Å². The molecule has 0 bridgehead atoms. The molecular weight excluding hydrogens is 553 g/mol. The van der Waals surface area contributed by atoms with Gasteiger partial charge in [0.15, 0.2) is 0 Å². The summed E-state index contributed by atoms with van der Waals surface area (Å²) in [5, 5.41) is 2.80. The van der Waals surface area contributed by atoms with E-state index >= 15 is 0 Å². The number of aryl methyl sites for hydroxylation is 4. The minimum absolute atomic E-state index is 1.36. The van der Waals surface area contributed by atoms with Crippen molar-refractivity contribution in [3.05, 3.63) is 80.2 Å². The van der Waals surface area contributed by atoms with E-state index in [1.54, 1.807) is 0 Å². The Morgan fingerprint density at radius 3 is 1.11 bits per heavy atom. The Morgan fingerprint density at radius 2 is 0.722 bits per heavy atom. The van der Waals surface area contributed by atoms with E-state index in [1.165, 1.54) is 80.1 Å². The SMILES string of the molecule is Cc1ccc(-c2ccc(-c3c4cc(C)sc4c(-c4ccc(-c5ccc(C)s5)s4)c4cc(C)sc34)s2)s1. The molecule has 7 aromatic rings. The average Bonchev–Trinajstić information content (AvgIpc) is 3.65. The minimum atomic E-state index is 1.36. The second-order valence-corrected chi connectivity index (χ2v) is 16.4. The predicted molar refractivity (Wildman–Crippen MR) is 169 cm³/mol. The van der Waals surface area contributed by atoms with Gasteiger partial charge in [0.2, 0.25) is 0 Å². The number of rotatable bonds is 4. The predicted octanol–water partition coefficient (Wildman–Crippen LogP) is 12.3. The highest BCUT2D eigenvalue weighted by Crippen LogP contribution is 2.52. The molecular formula is C30H22S6. The van der Waals surface area contributed by atoms with Crippen molar-refractivity contribution in [3.8, 4) is 40.4 Å². The molecule has 0 saturated heterocycles. The molecule has 0 atom stereocenters. The van der Waals surface area contributed by atoms with Crippen molar-refractivity contribution in [1.29, 1.82) is 0 Å². The van der Waals surface area contributed by atoms with Crippen molar-refractivity contribution in [2.45, 2.75) is 27.7 Å². The summed E-state index contributed by atoms with van der Waals surface area (Å²) in [5.74, 6) is 0. The Hall–Kier alpha value is -2.06. The fourth-order valence-electron chi connectivity index (χ4n) is 4.85. The summed E-state index contributed by atoms with van der Waals surface area (Å²) in [6.45, 7) is 8.87. The third-order valence-corrected chi connectivity index (χ3v) is 13.1. The summed E-state index contributed by atoms with van der Waals surface area (Å²) >= 11 is 11.5. The van der Waals surface area contributed by atoms with Gasteiger partial charge in [-0.3, -0.25) is 0 Å². The monoisotopic (exact) mass is 574 g/mol. The van der Waals surface area contributed by atoms with Crippen molar-refractivity contribution in [2.24, 2.45) is 0 Å². The Labute approximate surface area is 234 Å². The zero-order valence-corrected chi connectivity index (χ0v) is 25.1. The normalized spacial score (nSPS) is 11.9. The summed E-state index contributed by atoms with van der Waals surface area (Å²) < 4.78 is 2.84. The Bertz CT molecular complexity index is 1700. The van der Waals surface area contributed by atoms with Gasteiger partial charge in [0, 0.05) is 80.1 Å². The van der Waals surface area contributed by atoms with Crippen molar-refractivity contribution in [2.75, 3.05) is 0 Å². The van der Waals surface area contributed by atoms with Crippen LogP contribution >= 0.6 is 68.0 Å². The second kappa shape index (κ2) is 8.76. The molecule has 0 radical (unpaired) electrons. The second-order valence-electron chi connectivity index (χ2n) is 9.10. The quantitative estimate of drug-likeness (QED) is 0.196. The summed E-state index contributed by atoms with van der Waals surface area (Å²) in [6.07, 6.45) is 0. The number of fused-ring (bicyclic) bond motifs is 2. The molecule has 6 heterocycles. The van der Waals surface area contributed by atoms with Crippen LogP contribution in [0.2, 0.25) is 0 Å². The van der Waals surface area contributed by atoms with E-state index in [0.29, 0.717) is 0 Å². The highest BCUT2D eigenvalue weighted by molar-refractivity contribution is 7.26. The maximum atomic E-state index is 2.42. The van der Waals surface area contributed by atoms with Crippen LogP contribution < -0.4 is 0 Å². The average molecular weight is 575 g/mol. The standard InChI is InChI=1S/C30H22S6/c1-15-5-7-21(31-15)23-9-11-25(35-23)27-19-13-17(3)34-30(19)28(20-14-18(4)33-29(20)27)26-12-10-24(36-26)22-8-6-16(2)32-22/h5-14H,1-4H3. The molecule has 0 aliphatic heterocycles. The van der Waals surface area contributed by atoms with Crippen LogP contribution in [0.1, 0.15) is 19.5 Å². The van der Waals surface area contributed by atoms with Crippen molar-refractivity contribution in [3.63, 3.8) is 0 Å². The first kappa shape index (κ1) is 23.1. The zero-order chi connectivity index (χ0) is 24.6. The topological polar surface area (TPSA) is 0 Å². The van der Waals surface area contributed by atoms with Gasteiger partial charge in [-0.05, 0) is 88.4 Å². The van der Waals surface area contributed by atoms with E-state index in [2.05, 4.69) is 88.4 Å². The number of thiophene rings is 6.